The van der Waals surface area contributed by atoms with Gasteiger partial charge in [0, 0.05) is 5.56 Å². The molecule has 1 radical (unpaired) electrons. The first-order valence-corrected chi connectivity index (χ1v) is 3.39. The maximum absolute atomic E-state index is 9.14. The molecule has 2 heteroatoms. The molecule has 11 heavy (non-hydrogen) atoms. The highest BCUT2D eigenvalue weighted by Gasteiger charge is 2.05. The Morgan fingerprint density at radius 3 is 2.55 bits per heavy atom. The zero-order chi connectivity index (χ0) is 8.27. The Hall–Kier alpha value is -1.02. The zero-order valence-corrected chi connectivity index (χ0v) is 6.45. The van der Waals surface area contributed by atoms with Crippen molar-refractivity contribution in [3.05, 3.63) is 36.8 Å². The molecule has 59 valence electrons. The molecule has 0 fully saturated rings. The predicted molar refractivity (Wildman–Crippen MR) is 43.3 cm³/mol. The molecule has 0 bridgehead atoms. The Kier molecular flexibility index (Phi) is 2.49. The van der Waals surface area contributed by atoms with Gasteiger partial charge in [0.1, 0.15) is 5.75 Å². The van der Waals surface area contributed by atoms with E-state index in [1.807, 2.05) is 12.1 Å². The van der Waals surface area contributed by atoms with E-state index in [0.717, 1.165) is 5.56 Å². The number of aliphatic hydroxyl groups excluding tert-OH is 1. The number of rotatable bonds is 2. The van der Waals surface area contributed by atoms with Crippen LogP contribution in [0.5, 0.6) is 5.75 Å². The van der Waals surface area contributed by atoms with Gasteiger partial charge < -0.3 is 9.84 Å². The average Bonchev–Trinajstić information content (AvgIpc) is 2.04. The fourth-order valence-corrected chi connectivity index (χ4v) is 0.942. The Morgan fingerprint density at radius 2 is 2.09 bits per heavy atom. The van der Waals surface area contributed by atoms with Crippen LogP contribution in [0.1, 0.15) is 11.7 Å². The molecule has 1 unspecified atom stereocenters. The number of para-hydroxylation sites is 1. The summed E-state index contributed by atoms with van der Waals surface area (Å²) in [5.74, 6) is 0.676. The molecule has 1 aromatic rings. The van der Waals surface area contributed by atoms with Crippen molar-refractivity contribution in [2.24, 2.45) is 0 Å². The van der Waals surface area contributed by atoms with Crippen LogP contribution in [0.15, 0.2) is 24.3 Å². The number of aliphatic hydroxyl groups is 1. The predicted octanol–water partition coefficient (Wildman–Crippen LogP) is 1.56. The Balaban J connectivity index is 3.02. The van der Waals surface area contributed by atoms with Gasteiger partial charge in [0.25, 0.3) is 0 Å². The molecule has 1 N–H and O–H groups in total. The van der Waals surface area contributed by atoms with Crippen molar-refractivity contribution in [1.82, 2.24) is 0 Å². The second-order valence-corrected chi connectivity index (χ2v) is 2.26. The highest BCUT2D eigenvalue weighted by molar-refractivity contribution is 5.35. The molecule has 0 aliphatic carbocycles. The molecular weight excluding hydrogens is 140 g/mol. The van der Waals surface area contributed by atoms with Gasteiger partial charge in [-0.05, 0) is 13.0 Å². The topological polar surface area (TPSA) is 29.5 Å². The van der Waals surface area contributed by atoms with Crippen molar-refractivity contribution >= 4 is 0 Å². The van der Waals surface area contributed by atoms with Crippen LogP contribution in [0.2, 0.25) is 0 Å². The largest absolute Gasteiger partial charge is 0.496 e. The molecule has 0 saturated heterocycles. The summed E-state index contributed by atoms with van der Waals surface area (Å²) in [4.78, 5) is 0. The lowest BCUT2D eigenvalue weighted by atomic mass is 10.1. The van der Waals surface area contributed by atoms with Crippen molar-refractivity contribution < 1.29 is 9.84 Å². The third kappa shape index (κ3) is 1.71. The SMILES string of the molecule is [CH2]C(O)c1ccccc1OC. The molecular formula is C9H11O2. The van der Waals surface area contributed by atoms with Crippen molar-refractivity contribution in [1.29, 1.82) is 0 Å². The van der Waals surface area contributed by atoms with E-state index in [-0.39, 0.29) is 0 Å². The Morgan fingerprint density at radius 1 is 1.45 bits per heavy atom. The van der Waals surface area contributed by atoms with Gasteiger partial charge in [0.05, 0.1) is 13.2 Å². The smallest absolute Gasteiger partial charge is 0.124 e. The highest BCUT2D eigenvalue weighted by atomic mass is 16.5. The van der Waals surface area contributed by atoms with Crippen LogP contribution >= 0.6 is 0 Å². The van der Waals surface area contributed by atoms with Gasteiger partial charge in [-0.3, -0.25) is 0 Å². The summed E-state index contributed by atoms with van der Waals surface area (Å²) in [6.07, 6.45) is -0.717. The highest BCUT2D eigenvalue weighted by Crippen LogP contribution is 2.23. The van der Waals surface area contributed by atoms with Gasteiger partial charge in [0.15, 0.2) is 0 Å². The number of hydrogen-bond donors (Lipinski definition) is 1. The molecule has 1 aromatic carbocycles. The summed E-state index contributed by atoms with van der Waals surface area (Å²) in [5, 5.41) is 9.14. The van der Waals surface area contributed by atoms with Crippen molar-refractivity contribution in [2.45, 2.75) is 6.10 Å². The van der Waals surface area contributed by atoms with Crippen LogP contribution in [0, 0.1) is 6.92 Å². The van der Waals surface area contributed by atoms with E-state index in [2.05, 4.69) is 6.92 Å². The van der Waals surface area contributed by atoms with Gasteiger partial charge >= 0.3 is 0 Å². The first-order chi connectivity index (χ1) is 5.25. The third-order valence-electron chi connectivity index (χ3n) is 1.50. The molecule has 1 rings (SSSR count). The van der Waals surface area contributed by atoms with Crippen molar-refractivity contribution in [3.8, 4) is 5.75 Å². The van der Waals surface area contributed by atoms with Gasteiger partial charge in [-0.1, -0.05) is 18.2 Å². The van der Waals surface area contributed by atoms with Crippen molar-refractivity contribution in [2.75, 3.05) is 7.11 Å². The number of methoxy groups -OCH3 is 1. The van der Waals surface area contributed by atoms with E-state index >= 15 is 0 Å². The molecule has 0 aromatic heterocycles. The van der Waals surface area contributed by atoms with Gasteiger partial charge in [0.2, 0.25) is 0 Å². The van der Waals surface area contributed by atoms with Crippen molar-refractivity contribution in [3.63, 3.8) is 0 Å². The lowest BCUT2D eigenvalue weighted by Gasteiger charge is -2.09. The average molecular weight is 151 g/mol. The van der Waals surface area contributed by atoms with Gasteiger partial charge in [-0.25, -0.2) is 0 Å². The van der Waals surface area contributed by atoms with E-state index < -0.39 is 6.10 Å². The molecule has 0 heterocycles. The summed E-state index contributed by atoms with van der Waals surface area (Å²) in [6.45, 7) is 3.49. The van der Waals surface area contributed by atoms with E-state index in [9.17, 15) is 0 Å². The second kappa shape index (κ2) is 3.39. The fourth-order valence-electron chi connectivity index (χ4n) is 0.942. The molecule has 0 spiro atoms. The molecule has 0 aliphatic heterocycles. The maximum Gasteiger partial charge on any atom is 0.124 e. The van der Waals surface area contributed by atoms with Gasteiger partial charge in [-0.15, -0.1) is 0 Å². The minimum atomic E-state index is -0.717. The number of ether oxygens (including phenoxy) is 1. The summed E-state index contributed by atoms with van der Waals surface area (Å²) >= 11 is 0. The van der Waals surface area contributed by atoms with Crippen LogP contribution in [-0.2, 0) is 0 Å². The minimum absolute atomic E-state index is 0.676. The van der Waals surface area contributed by atoms with Crippen LogP contribution in [-0.4, -0.2) is 12.2 Å². The summed E-state index contributed by atoms with van der Waals surface area (Å²) in [5.41, 5.74) is 0.718. The Bertz CT molecular complexity index is 231. The summed E-state index contributed by atoms with van der Waals surface area (Å²) in [6, 6.07) is 7.28. The first kappa shape index (κ1) is 8.08. The van der Waals surface area contributed by atoms with E-state index in [1.54, 1.807) is 19.2 Å². The second-order valence-electron chi connectivity index (χ2n) is 2.26. The van der Waals surface area contributed by atoms with Gasteiger partial charge in [-0.2, -0.15) is 0 Å². The number of benzene rings is 1. The van der Waals surface area contributed by atoms with Crippen LogP contribution in [0.3, 0.4) is 0 Å². The molecule has 1 atom stereocenters. The standard InChI is InChI=1S/C9H11O2/c1-7(10)8-5-3-4-6-9(8)11-2/h3-7,10H,1H2,2H3. The monoisotopic (exact) mass is 151 g/mol. The van der Waals surface area contributed by atoms with Crippen LogP contribution in [0.25, 0.3) is 0 Å². The Labute approximate surface area is 66.4 Å². The zero-order valence-electron chi connectivity index (χ0n) is 6.45. The fraction of sp³-hybridized carbons (Fsp3) is 0.222. The molecule has 0 saturated carbocycles. The van der Waals surface area contributed by atoms with E-state index in [4.69, 9.17) is 9.84 Å². The minimum Gasteiger partial charge on any atom is -0.496 e. The van der Waals surface area contributed by atoms with E-state index in [1.165, 1.54) is 0 Å². The maximum atomic E-state index is 9.14. The lowest BCUT2D eigenvalue weighted by molar-refractivity contribution is 0.220. The summed E-state index contributed by atoms with van der Waals surface area (Å²) in [7, 11) is 1.57. The van der Waals surface area contributed by atoms with Crippen LogP contribution in [0.4, 0.5) is 0 Å². The summed E-state index contributed by atoms with van der Waals surface area (Å²) < 4.78 is 5.01. The van der Waals surface area contributed by atoms with E-state index in [0.29, 0.717) is 5.75 Å². The van der Waals surface area contributed by atoms with Crippen LogP contribution < -0.4 is 4.74 Å². The first-order valence-electron chi connectivity index (χ1n) is 3.39. The molecule has 0 amide bonds. The quantitative estimate of drug-likeness (QED) is 0.695. The lowest BCUT2D eigenvalue weighted by Crippen LogP contribution is -1.95. The third-order valence-corrected chi connectivity index (χ3v) is 1.50. The number of hydrogen-bond acceptors (Lipinski definition) is 2. The normalized spacial score (nSPS) is 12.6. The molecule has 0 aliphatic rings. The molecule has 2 nitrogen and oxygen atoms in total.